The van der Waals surface area contributed by atoms with Crippen LogP contribution in [-0.4, -0.2) is 27.7 Å². The Hall–Kier alpha value is -2.11. The summed E-state index contributed by atoms with van der Waals surface area (Å²) in [6.45, 7) is 3.57. The molecule has 0 radical (unpaired) electrons. The summed E-state index contributed by atoms with van der Waals surface area (Å²) in [7, 11) is 1.42. The van der Waals surface area contributed by atoms with Crippen LogP contribution in [0.3, 0.4) is 0 Å². The van der Waals surface area contributed by atoms with Crippen molar-refractivity contribution in [2.24, 2.45) is 0 Å². The predicted molar refractivity (Wildman–Crippen MR) is 65.8 cm³/mol. The molecule has 1 N–H and O–H groups in total. The highest BCUT2D eigenvalue weighted by Crippen LogP contribution is 2.07. The molecule has 18 heavy (non-hydrogen) atoms. The van der Waals surface area contributed by atoms with Crippen molar-refractivity contribution >= 4 is 5.97 Å². The van der Waals surface area contributed by atoms with E-state index in [-0.39, 0.29) is 23.7 Å². The Morgan fingerprint density at radius 3 is 2.78 bits per heavy atom. The van der Waals surface area contributed by atoms with Crippen LogP contribution in [-0.2, 0) is 11.3 Å². The molecule has 0 aliphatic rings. The second-order valence-electron chi connectivity index (χ2n) is 3.72. The third kappa shape index (κ3) is 3.19. The van der Waals surface area contributed by atoms with Crippen LogP contribution >= 0.6 is 0 Å². The van der Waals surface area contributed by atoms with Gasteiger partial charge >= 0.3 is 5.97 Å². The number of ether oxygens (including phenoxy) is 1. The van der Waals surface area contributed by atoms with Crippen LogP contribution in [0.25, 0.3) is 0 Å². The molecule has 0 aliphatic carbocycles. The van der Waals surface area contributed by atoms with E-state index < -0.39 is 5.97 Å². The molecule has 6 heteroatoms. The number of carboxylic acid groups (broad SMARTS) is 1. The fraction of sp³-hybridized carbons (Fsp3) is 0.417. The maximum atomic E-state index is 11.8. The number of carboxylic acids is 1. The molecule has 0 unspecified atom stereocenters. The third-order valence-electron chi connectivity index (χ3n) is 2.46. The minimum atomic E-state index is -0.982. The molecule has 1 aromatic rings. The maximum absolute atomic E-state index is 11.8. The number of nitrogens with zero attached hydrogens (tertiary/aromatic N) is 2. The van der Waals surface area contributed by atoms with Gasteiger partial charge in [0.05, 0.1) is 7.11 Å². The summed E-state index contributed by atoms with van der Waals surface area (Å²) in [5.74, 6) is -0.982. The molecule has 1 heterocycles. The lowest BCUT2D eigenvalue weighted by Crippen LogP contribution is -2.22. The van der Waals surface area contributed by atoms with Gasteiger partial charge in [-0.15, -0.1) is 0 Å². The normalized spacial score (nSPS) is 11.4. The second-order valence-corrected chi connectivity index (χ2v) is 3.72. The highest BCUT2D eigenvalue weighted by Gasteiger charge is 2.08. The van der Waals surface area contributed by atoms with Gasteiger partial charge in [-0.2, -0.15) is 0 Å². The van der Waals surface area contributed by atoms with E-state index in [1.54, 1.807) is 13.8 Å². The Kier molecular flexibility index (Phi) is 4.65. The number of hydrogen-bond donors (Lipinski definition) is 1. The number of hydrogen-bond acceptors (Lipinski definition) is 4. The van der Waals surface area contributed by atoms with Crippen LogP contribution in [0.4, 0.5) is 0 Å². The monoisotopic (exact) mass is 252 g/mol. The molecule has 0 atom stereocenters. The van der Waals surface area contributed by atoms with Crippen LogP contribution in [0.1, 0.15) is 19.0 Å². The first-order valence-corrected chi connectivity index (χ1v) is 5.54. The quantitative estimate of drug-likeness (QED) is 0.790. The fourth-order valence-corrected chi connectivity index (χ4v) is 1.50. The van der Waals surface area contributed by atoms with Crippen LogP contribution in [0.15, 0.2) is 22.5 Å². The van der Waals surface area contributed by atoms with Crippen molar-refractivity contribution in [2.75, 3.05) is 7.11 Å². The number of rotatable bonds is 5. The van der Waals surface area contributed by atoms with E-state index in [1.807, 2.05) is 0 Å². The van der Waals surface area contributed by atoms with Crippen LogP contribution in [0, 0.1) is 6.92 Å². The minimum absolute atomic E-state index is 0.130. The first kappa shape index (κ1) is 14.0. The number of aryl methyl sites for hydroxylation is 1. The Bertz CT molecular complexity index is 531. The SMILES string of the molecule is CCC(=CCn1c(OC)nc(C)cc1=O)C(=O)O. The molecule has 0 aromatic carbocycles. The van der Waals surface area contributed by atoms with Crippen molar-refractivity contribution < 1.29 is 14.6 Å². The predicted octanol–water partition coefficient (Wildman–Crippen LogP) is 0.981. The number of allylic oxidation sites excluding steroid dienone is 1. The molecule has 0 amide bonds. The van der Waals surface area contributed by atoms with Crippen LogP contribution in [0.5, 0.6) is 6.01 Å². The summed E-state index contributed by atoms with van der Waals surface area (Å²) >= 11 is 0. The van der Waals surface area contributed by atoms with Gasteiger partial charge in [0.15, 0.2) is 0 Å². The average molecular weight is 252 g/mol. The molecule has 1 rings (SSSR count). The first-order valence-electron chi connectivity index (χ1n) is 5.54. The third-order valence-corrected chi connectivity index (χ3v) is 2.46. The zero-order chi connectivity index (χ0) is 13.7. The Morgan fingerprint density at radius 2 is 2.28 bits per heavy atom. The Balaban J connectivity index is 3.12. The molecule has 0 bridgehead atoms. The largest absolute Gasteiger partial charge is 0.478 e. The lowest BCUT2D eigenvalue weighted by Gasteiger charge is -2.09. The Morgan fingerprint density at radius 1 is 1.61 bits per heavy atom. The highest BCUT2D eigenvalue weighted by atomic mass is 16.5. The van der Waals surface area contributed by atoms with E-state index in [1.165, 1.54) is 23.8 Å². The van der Waals surface area contributed by atoms with Crippen molar-refractivity contribution in [3.8, 4) is 6.01 Å². The maximum Gasteiger partial charge on any atom is 0.331 e. The highest BCUT2D eigenvalue weighted by molar-refractivity contribution is 5.86. The number of methoxy groups -OCH3 is 1. The molecule has 0 aliphatic heterocycles. The van der Waals surface area contributed by atoms with Gasteiger partial charge < -0.3 is 9.84 Å². The fourth-order valence-electron chi connectivity index (χ4n) is 1.50. The molecule has 1 aromatic heterocycles. The first-order chi connectivity index (χ1) is 8.49. The van der Waals surface area contributed by atoms with Gasteiger partial charge in [0.25, 0.3) is 11.6 Å². The van der Waals surface area contributed by atoms with E-state index in [0.717, 1.165) is 0 Å². The van der Waals surface area contributed by atoms with Gasteiger partial charge in [0, 0.05) is 23.9 Å². The van der Waals surface area contributed by atoms with Crippen molar-refractivity contribution in [3.05, 3.63) is 33.8 Å². The van der Waals surface area contributed by atoms with E-state index in [4.69, 9.17) is 9.84 Å². The smallest absolute Gasteiger partial charge is 0.331 e. The van der Waals surface area contributed by atoms with Gasteiger partial charge in [-0.25, -0.2) is 9.78 Å². The van der Waals surface area contributed by atoms with E-state index >= 15 is 0 Å². The molecule has 0 saturated heterocycles. The van der Waals surface area contributed by atoms with Gasteiger partial charge in [0.2, 0.25) is 0 Å². The number of aliphatic carboxylic acids is 1. The van der Waals surface area contributed by atoms with Crippen LogP contribution in [0.2, 0.25) is 0 Å². The molecule has 98 valence electrons. The standard InChI is InChI=1S/C12H16N2O4/c1-4-9(11(16)17)5-6-14-10(15)7-8(2)13-12(14)18-3/h5,7H,4,6H2,1-3H3,(H,16,17). The van der Waals surface area contributed by atoms with Gasteiger partial charge in [-0.05, 0) is 13.3 Å². The van der Waals surface area contributed by atoms with E-state index in [0.29, 0.717) is 12.1 Å². The van der Waals surface area contributed by atoms with Gasteiger partial charge in [-0.1, -0.05) is 13.0 Å². The van der Waals surface area contributed by atoms with Gasteiger partial charge in [0.1, 0.15) is 0 Å². The number of aromatic nitrogens is 2. The lowest BCUT2D eigenvalue weighted by atomic mass is 10.2. The minimum Gasteiger partial charge on any atom is -0.478 e. The summed E-state index contributed by atoms with van der Waals surface area (Å²) in [6, 6.07) is 1.56. The van der Waals surface area contributed by atoms with Crippen molar-refractivity contribution in [1.82, 2.24) is 9.55 Å². The topological polar surface area (TPSA) is 81.4 Å². The second kappa shape index (κ2) is 6.00. The molecule has 6 nitrogen and oxygen atoms in total. The molecular formula is C12H16N2O4. The number of carbonyl (C=O) groups is 1. The van der Waals surface area contributed by atoms with E-state index in [9.17, 15) is 9.59 Å². The van der Waals surface area contributed by atoms with Crippen molar-refractivity contribution in [3.63, 3.8) is 0 Å². The summed E-state index contributed by atoms with van der Waals surface area (Å²) in [5.41, 5.74) is 0.548. The summed E-state index contributed by atoms with van der Waals surface area (Å²) < 4.78 is 6.29. The van der Waals surface area contributed by atoms with E-state index in [2.05, 4.69) is 4.98 Å². The van der Waals surface area contributed by atoms with Crippen molar-refractivity contribution in [1.29, 1.82) is 0 Å². The molecule has 0 saturated carbocycles. The van der Waals surface area contributed by atoms with Gasteiger partial charge in [-0.3, -0.25) is 9.36 Å². The van der Waals surface area contributed by atoms with Crippen molar-refractivity contribution in [2.45, 2.75) is 26.8 Å². The molecular weight excluding hydrogens is 236 g/mol. The zero-order valence-corrected chi connectivity index (χ0v) is 10.6. The summed E-state index contributed by atoms with van der Waals surface area (Å²) in [6.07, 6.45) is 1.88. The van der Waals surface area contributed by atoms with Crippen LogP contribution < -0.4 is 10.3 Å². The molecule has 0 spiro atoms. The zero-order valence-electron chi connectivity index (χ0n) is 10.6. The Labute approximate surface area is 105 Å². The molecule has 0 fully saturated rings. The lowest BCUT2D eigenvalue weighted by molar-refractivity contribution is -0.132. The average Bonchev–Trinajstić information content (AvgIpc) is 2.31. The summed E-state index contributed by atoms with van der Waals surface area (Å²) in [4.78, 5) is 26.7. The summed E-state index contributed by atoms with van der Waals surface area (Å²) in [5, 5.41) is 8.89.